The first-order valence-corrected chi connectivity index (χ1v) is 22.0. The molecule has 0 aliphatic rings. The van der Waals surface area contributed by atoms with Gasteiger partial charge in [-0.2, -0.15) is 0 Å². The maximum atomic E-state index is 13.5. The molecule has 2 unspecified atom stereocenters. The molecular formula is C46H82O5. The normalized spacial score (nSPS) is 13.2. The van der Waals surface area contributed by atoms with Crippen LogP contribution in [0.25, 0.3) is 0 Å². The van der Waals surface area contributed by atoms with Crippen molar-refractivity contribution in [2.75, 3.05) is 19.8 Å². The Morgan fingerprint density at radius 2 is 0.843 bits per heavy atom. The topological polar surface area (TPSA) is 61.8 Å². The molecule has 1 aromatic rings. The molecule has 0 N–H and O–H groups in total. The van der Waals surface area contributed by atoms with E-state index in [1.807, 2.05) is 18.2 Å². The molecule has 0 heterocycles. The van der Waals surface area contributed by atoms with Crippen molar-refractivity contribution in [1.29, 1.82) is 0 Å². The van der Waals surface area contributed by atoms with Crippen molar-refractivity contribution in [3.05, 3.63) is 35.9 Å². The van der Waals surface area contributed by atoms with Gasteiger partial charge in [-0.1, -0.05) is 193 Å². The van der Waals surface area contributed by atoms with Crippen LogP contribution in [0, 0.1) is 17.8 Å². The molecule has 0 aliphatic carbocycles. The van der Waals surface area contributed by atoms with Gasteiger partial charge in [0.1, 0.15) is 0 Å². The van der Waals surface area contributed by atoms with Crippen molar-refractivity contribution < 1.29 is 23.8 Å². The molecule has 1 rings (SSSR count). The minimum atomic E-state index is -0.0422. The molecule has 0 saturated carbocycles. The van der Waals surface area contributed by atoms with Crippen LogP contribution in [0.3, 0.4) is 0 Å². The highest BCUT2D eigenvalue weighted by Gasteiger charge is 2.24. The smallest absolute Gasteiger partial charge is 0.308 e. The van der Waals surface area contributed by atoms with Gasteiger partial charge in [0.25, 0.3) is 0 Å². The number of ether oxygens (including phenoxy) is 3. The fourth-order valence-corrected chi connectivity index (χ4v) is 6.99. The van der Waals surface area contributed by atoms with Crippen LogP contribution in [0.1, 0.15) is 207 Å². The Bertz CT molecular complexity index is 854. The molecule has 0 spiro atoms. The standard InChI is InChI=1S/C46H82O5/c1-5-9-13-17-19-26-35-43(33-24-15-11-7-3)45(47)50-39-42(32-28-29-37-49-38-41-30-22-21-23-31-41)40-51-46(48)44(34-25-16-12-8-4)36-27-20-18-14-10-6-2/h21-23,30-31,42-44H,5-20,24-29,32-40H2,1-4H3. The second-order valence-corrected chi connectivity index (χ2v) is 15.4. The van der Waals surface area contributed by atoms with Gasteiger partial charge in [0, 0.05) is 12.5 Å². The predicted octanol–water partition coefficient (Wildman–Crippen LogP) is 13.8. The number of rotatable bonds is 37. The SMILES string of the molecule is CCCCCCCCC(CCCCCC)C(=O)OCC(CCCCOCc1ccccc1)COC(=O)C(CCCCCC)CCCCCCCC. The second kappa shape index (κ2) is 35.2. The van der Waals surface area contributed by atoms with Gasteiger partial charge in [0.05, 0.1) is 31.7 Å². The highest BCUT2D eigenvalue weighted by Crippen LogP contribution is 2.24. The number of carbonyl (C=O) groups excluding carboxylic acids is 2. The lowest BCUT2D eigenvalue weighted by Gasteiger charge is -2.22. The molecule has 2 atom stereocenters. The van der Waals surface area contributed by atoms with Crippen molar-refractivity contribution in [1.82, 2.24) is 0 Å². The molecule has 0 fully saturated rings. The average Bonchev–Trinajstić information content (AvgIpc) is 3.15. The quantitative estimate of drug-likeness (QED) is 0.0507. The summed E-state index contributed by atoms with van der Waals surface area (Å²) in [6.45, 7) is 10.9. The zero-order chi connectivity index (χ0) is 37.0. The fraction of sp³-hybridized carbons (Fsp3) is 0.826. The van der Waals surface area contributed by atoms with E-state index < -0.39 is 0 Å². The van der Waals surface area contributed by atoms with Crippen molar-refractivity contribution in [2.24, 2.45) is 17.8 Å². The first-order valence-electron chi connectivity index (χ1n) is 22.0. The van der Waals surface area contributed by atoms with Crippen molar-refractivity contribution in [3.63, 3.8) is 0 Å². The van der Waals surface area contributed by atoms with E-state index in [1.165, 1.54) is 108 Å². The van der Waals surface area contributed by atoms with Gasteiger partial charge in [-0.3, -0.25) is 9.59 Å². The summed E-state index contributed by atoms with van der Waals surface area (Å²) < 4.78 is 18.1. The van der Waals surface area contributed by atoms with Crippen LogP contribution in [0.2, 0.25) is 0 Å². The van der Waals surface area contributed by atoms with Crippen LogP contribution >= 0.6 is 0 Å². The summed E-state index contributed by atoms with van der Waals surface area (Å²) in [5.41, 5.74) is 1.18. The summed E-state index contributed by atoms with van der Waals surface area (Å²) >= 11 is 0. The summed E-state index contributed by atoms with van der Waals surface area (Å²) in [5.74, 6) is -0.115. The van der Waals surface area contributed by atoms with E-state index in [2.05, 4.69) is 39.8 Å². The summed E-state index contributed by atoms with van der Waals surface area (Å²) in [6.07, 6.45) is 30.6. The van der Waals surface area contributed by atoms with E-state index >= 15 is 0 Å². The maximum Gasteiger partial charge on any atom is 0.308 e. The van der Waals surface area contributed by atoms with Gasteiger partial charge in [-0.05, 0) is 44.1 Å². The Hall–Kier alpha value is -1.88. The van der Waals surface area contributed by atoms with E-state index in [0.717, 1.165) is 70.6 Å². The van der Waals surface area contributed by atoms with E-state index in [1.54, 1.807) is 0 Å². The van der Waals surface area contributed by atoms with Crippen LogP contribution in [0.5, 0.6) is 0 Å². The van der Waals surface area contributed by atoms with Crippen LogP contribution in [-0.4, -0.2) is 31.8 Å². The third-order valence-corrected chi connectivity index (χ3v) is 10.5. The lowest BCUT2D eigenvalue weighted by atomic mass is 9.94. The van der Waals surface area contributed by atoms with Gasteiger partial charge in [0.2, 0.25) is 0 Å². The Morgan fingerprint density at radius 3 is 1.27 bits per heavy atom. The molecule has 0 radical (unpaired) electrons. The monoisotopic (exact) mass is 715 g/mol. The molecule has 5 nitrogen and oxygen atoms in total. The minimum absolute atomic E-state index is 0.0107. The first-order chi connectivity index (χ1) is 25.0. The second-order valence-electron chi connectivity index (χ2n) is 15.4. The Balaban J connectivity index is 2.78. The van der Waals surface area contributed by atoms with E-state index in [-0.39, 0.29) is 29.7 Å². The molecule has 296 valence electrons. The summed E-state index contributed by atoms with van der Waals surface area (Å²) in [6, 6.07) is 10.3. The zero-order valence-corrected chi connectivity index (χ0v) is 34.1. The number of unbranched alkanes of at least 4 members (excludes halogenated alkanes) is 17. The third kappa shape index (κ3) is 27.4. The largest absolute Gasteiger partial charge is 0.465 e. The summed E-state index contributed by atoms with van der Waals surface area (Å²) in [7, 11) is 0. The van der Waals surface area contributed by atoms with Crippen molar-refractivity contribution >= 4 is 11.9 Å². The number of benzene rings is 1. The van der Waals surface area contributed by atoms with E-state index in [9.17, 15) is 9.59 Å². The molecule has 0 saturated heterocycles. The first kappa shape index (κ1) is 47.1. The van der Waals surface area contributed by atoms with Crippen LogP contribution in [0.15, 0.2) is 30.3 Å². The molecule has 0 aromatic heterocycles. The fourth-order valence-electron chi connectivity index (χ4n) is 6.99. The van der Waals surface area contributed by atoms with Crippen LogP contribution in [-0.2, 0) is 30.4 Å². The Kier molecular flexibility index (Phi) is 32.5. The predicted molar refractivity (Wildman–Crippen MR) is 216 cm³/mol. The molecule has 0 aliphatic heterocycles. The Labute approximate surface area is 316 Å². The van der Waals surface area contributed by atoms with Gasteiger partial charge in [0.15, 0.2) is 0 Å². The van der Waals surface area contributed by atoms with Crippen LogP contribution in [0.4, 0.5) is 0 Å². The highest BCUT2D eigenvalue weighted by atomic mass is 16.5. The number of esters is 2. The van der Waals surface area contributed by atoms with Gasteiger partial charge < -0.3 is 14.2 Å². The van der Waals surface area contributed by atoms with Crippen molar-refractivity contribution in [3.8, 4) is 0 Å². The summed E-state index contributed by atoms with van der Waals surface area (Å²) in [4.78, 5) is 27.0. The highest BCUT2D eigenvalue weighted by molar-refractivity contribution is 5.73. The number of hydrogen-bond donors (Lipinski definition) is 0. The molecule has 1 aromatic carbocycles. The molecular weight excluding hydrogens is 633 g/mol. The minimum Gasteiger partial charge on any atom is -0.465 e. The summed E-state index contributed by atoms with van der Waals surface area (Å²) in [5, 5.41) is 0. The molecule has 0 bridgehead atoms. The van der Waals surface area contributed by atoms with Crippen LogP contribution < -0.4 is 0 Å². The lowest BCUT2D eigenvalue weighted by molar-refractivity contribution is -0.155. The van der Waals surface area contributed by atoms with E-state index in [0.29, 0.717) is 26.4 Å². The molecule has 0 amide bonds. The van der Waals surface area contributed by atoms with Crippen molar-refractivity contribution in [2.45, 2.75) is 208 Å². The maximum absolute atomic E-state index is 13.5. The Morgan fingerprint density at radius 1 is 0.471 bits per heavy atom. The zero-order valence-electron chi connectivity index (χ0n) is 34.1. The lowest BCUT2D eigenvalue weighted by Crippen LogP contribution is -2.26. The number of carbonyl (C=O) groups is 2. The van der Waals surface area contributed by atoms with Gasteiger partial charge in [-0.15, -0.1) is 0 Å². The number of hydrogen-bond acceptors (Lipinski definition) is 5. The van der Waals surface area contributed by atoms with Gasteiger partial charge in [-0.25, -0.2) is 0 Å². The van der Waals surface area contributed by atoms with Gasteiger partial charge >= 0.3 is 11.9 Å². The third-order valence-electron chi connectivity index (χ3n) is 10.5. The molecule has 5 heteroatoms. The average molecular weight is 715 g/mol. The van der Waals surface area contributed by atoms with E-state index in [4.69, 9.17) is 14.2 Å². The molecule has 51 heavy (non-hydrogen) atoms.